The highest BCUT2D eigenvalue weighted by atomic mass is 127. The number of piperazine rings is 1. The third kappa shape index (κ3) is 6.39. The van der Waals surface area contributed by atoms with Crippen molar-refractivity contribution in [2.75, 3.05) is 45.8 Å². The second kappa shape index (κ2) is 11.1. The highest BCUT2D eigenvalue weighted by molar-refractivity contribution is 14.0. The first-order chi connectivity index (χ1) is 12.2. The van der Waals surface area contributed by atoms with Gasteiger partial charge in [-0.2, -0.15) is 0 Å². The summed E-state index contributed by atoms with van der Waals surface area (Å²) in [7, 11) is 0. The van der Waals surface area contributed by atoms with Crippen LogP contribution in [0.1, 0.15) is 37.3 Å². The summed E-state index contributed by atoms with van der Waals surface area (Å²) in [5, 5.41) is 0. The van der Waals surface area contributed by atoms with Gasteiger partial charge >= 0.3 is 0 Å². The van der Waals surface area contributed by atoms with E-state index < -0.39 is 0 Å². The maximum atomic E-state index is 6.14. The van der Waals surface area contributed by atoms with Gasteiger partial charge in [-0.25, -0.2) is 4.99 Å². The molecule has 0 saturated carbocycles. The Morgan fingerprint density at radius 2 is 1.46 bits per heavy atom. The highest BCUT2D eigenvalue weighted by Crippen LogP contribution is 2.12. The van der Waals surface area contributed by atoms with E-state index in [1.165, 1.54) is 63.1 Å². The molecule has 0 amide bonds. The van der Waals surface area contributed by atoms with Gasteiger partial charge < -0.3 is 15.5 Å². The van der Waals surface area contributed by atoms with Crippen molar-refractivity contribution >= 4 is 29.9 Å². The molecule has 1 aromatic carbocycles. The minimum absolute atomic E-state index is 0. The van der Waals surface area contributed by atoms with Gasteiger partial charge in [0, 0.05) is 45.8 Å². The molecule has 146 valence electrons. The highest BCUT2D eigenvalue weighted by Gasteiger charge is 2.15. The van der Waals surface area contributed by atoms with E-state index in [2.05, 4.69) is 50.9 Å². The molecule has 1 aromatic rings. The third-order valence-electron chi connectivity index (χ3n) is 5.44. The second-order valence-corrected chi connectivity index (χ2v) is 7.25. The SMILES string of the molecule is CCN1CCN(Cc2ccc(CN=C(N)N3CCCCC3)cc2)CC1.I. The lowest BCUT2D eigenvalue weighted by atomic mass is 10.1. The van der Waals surface area contributed by atoms with Crippen molar-refractivity contribution in [3.05, 3.63) is 35.4 Å². The van der Waals surface area contributed by atoms with Gasteiger partial charge in [0.05, 0.1) is 6.54 Å². The van der Waals surface area contributed by atoms with Crippen LogP contribution in [-0.4, -0.2) is 66.5 Å². The number of hydrogen-bond acceptors (Lipinski definition) is 3. The Morgan fingerprint density at radius 3 is 2.08 bits per heavy atom. The fraction of sp³-hybridized carbons (Fsp3) is 0.650. The summed E-state index contributed by atoms with van der Waals surface area (Å²) in [5.74, 6) is 0.706. The Kier molecular flexibility index (Phi) is 9.15. The Morgan fingerprint density at radius 1 is 0.885 bits per heavy atom. The van der Waals surface area contributed by atoms with Gasteiger partial charge in [0.15, 0.2) is 5.96 Å². The van der Waals surface area contributed by atoms with E-state index in [1.807, 2.05) is 0 Å². The molecule has 2 N–H and O–H groups in total. The van der Waals surface area contributed by atoms with Crippen molar-refractivity contribution in [3.63, 3.8) is 0 Å². The van der Waals surface area contributed by atoms with Crippen LogP contribution in [0.15, 0.2) is 29.3 Å². The number of likely N-dealkylation sites (N-methyl/N-ethyl adjacent to an activating group) is 1. The molecule has 0 bridgehead atoms. The van der Waals surface area contributed by atoms with Crippen LogP contribution in [-0.2, 0) is 13.1 Å². The van der Waals surface area contributed by atoms with Gasteiger partial charge in [0.25, 0.3) is 0 Å². The predicted octanol–water partition coefficient (Wildman–Crippen LogP) is 2.74. The molecule has 0 spiro atoms. The van der Waals surface area contributed by atoms with E-state index >= 15 is 0 Å². The average molecular weight is 471 g/mol. The normalized spacial score (nSPS) is 20.0. The second-order valence-electron chi connectivity index (χ2n) is 7.25. The number of aliphatic imine (C=N–C) groups is 1. The molecule has 0 atom stereocenters. The summed E-state index contributed by atoms with van der Waals surface area (Å²) in [6, 6.07) is 8.89. The van der Waals surface area contributed by atoms with E-state index in [9.17, 15) is 0 Å². The molecule has 0 unspecified atom stereocenters. The summed E-state index contributed by atoms with van der Waals surface area (Å²) in [4.78, 5) is 11.9. The Balaban J connectivity index is 0.00000243. The maximum Gasteiger partial charge on any atom is 0.191 e. The van der Waals surface area contributed by atoms with Crippen molar-refractivity contribution in [1.29, 1.82) is 0 Å². The van der Waals surface area contributed by atoms with Gasteiger partial charge in [0.1, 0.15) is 0 Å². The van der Waals surface area contributed by atoms with Crippen LogP contribution in [0.2, 0.25) is 0 Å². The maximum absolute atomic E-state index is 6.14. The predicted molar refractivity (Wildman–Crippen MR) is 120 cm³/mol. The minimum Gasteiger partial charge on any atom is -0.370 e. The molecule has 0 radical (unpaired) electrons. The van der Waals surface area contributed by atoms with Crippen LogP contribution in [0.25, 0.3) is 0 Å². The van der Waals surface area contributed by atoms with Crippen molar-refractivity contribution < 1.29 is 0 Å². The largest absolute Gasteiger partial charge is 0.370 e. The van der Waals surface area contributed by atoms with Crippen molar-refractivity contribution in [1.82, 2.24) is 14.7 Å². The van der Waals surface area contributed by atoms with Gasteiger partial charge in [-0.3, -0.25) is 4.90 Å². The summed E-state index contributed by atoms with van der Waals surface area (Å²) < 4.78 is 0. The molecule has 2 heterocycles. The first kappa shape index (κ1) is 21.4. The zero-order valence-corrected chi connectivity index (χ0v) is 18.4. The van der Waals surface area contributed by atoms with Crippen molar-refractivity contribution in [2.45, 2.75) is 39.3 Å². The monoisotopic (exact) mass is 471 g/mol. The lowest BCUT2D eigenvalue weighted by molar-refractivity contribution is 0.132. The molecular weight excluding hydrogens is 437 g/mol. The standard InChI is InChI=1S/C20H33N5.HI/c1-2-23-12-14-24(15-13-23)17-19-8-6-18(7-9-19)16-22-20(21)25-10-4-3-5-11-25;/h6-9H,2-5,10-17H2,1H3,(H2,21,22);1H. The molecule has 2 aliphatic rings. The summed E-state index contributed by atoms with van der Waals surface area (Å²) in [6.07, 6.45) is 3.79. The number of nitrogens with zero attached hydrogens (tertiary/aromatic N) is 4. The average Bonchev–Trinajstić information content (AvgIpc) is 2.68. The van der Waals surface area contributed by atoms with Crippen LogP contribution in [0, 0.1) is 0 Å². The van der Waals surface area contributed by atoms with Crippen molar-refractivity contribution in [3.8, 4) is 0 Å². The number of nitrogens with two attached hydrogens (primary N) is 1. The Hall–Kier alpha value is -0.860. The number of guanidine groups is 1. The molecule has 2 aliphatic heterocycles. The number of likely N-dealkylation sites (tertiary alicyclic amines) is 1. The van der Waals surface area contributed by atoms with Crippen LogP contribution in [0.5, 0.6) is 0 Å². The summed E-state index contributed by atoms with van der Waals surface area (Å²) in [6.45, 7) is 12.0. The third-order valence-corrected chi connectivity index (χ3v) is 5.44. The van der Waals surface area contributed by atoms with Crippen LogP contribution >= 0.6 is 24.0 Å². The fourth-order valence-corrected chi connectivity index (χ4v) is 3.67. The number of rotatable bonds is 5. The van der Waals surface area contributed by atoms with Gasteiger partial charge in [0.2, 0.25) is 0 Å². The molecular formula is C20H34IN5. The minimum atomic E-state index is 0. The Bertz CT molecular complexity index is 546. The quantitative estimate of drug-likeness (QED) is 0.408. The van der Waals surface area contributed by atoms with Crippen LogP contribution < -0.4 is 5.73 Å². The van der Waals surface area contributed by atoms with Gasteiger partial charge in [-0.05, 0) is 36.9 Å². The number of halogens is 1. The zero-order valence-electron chi connectivity index (χ0n) is 16.1. The lowest BCUT2D eigenvalue weighted by Crippen LogP contribution is -2.45. The van der Waals surface area contributed by atoms with E-state index in [0.29, 0.717) is 12.5 Å². The number of hydrogen-bond donors (Lipinski definition) is 1. The molecule has 26 heavy (non-hydrogen) atoms. The van der Waals surface area contributed by atoms with Crippen LogP contribution in [0.3, 0.4) is 0 Å². The molecule has 5 nitrogen and oxygen atoms in total. The van der Waals surface area contributed by atoms with E-state index in [-0.39, 0.29) is 24.0 Å². The van der Waals surface area contributed by atoms with Gasteiger partial charge in [-0.1, -0.05) is 31.2 Å². The number of piperidine rings is 1. The topological polar surface area (TPSA) is 48.1 Å². The van der Waals surface area contributed by atoms with Crippen molar-refractivity contribution in [2.24, 2.45) is 10.7 Å². The Labute approximate surface area is 175 Å². The van der Waals surface area contributed by atoms with E-state index in [0.717, 1.165) is 19.6 Å². The molecule has 2 saturated heterocycles. The molecule has 3 rings (SSSR count). The van der Waals surface area contributed by atoms with E-state index in [4.69, 9.17) is 5.73 Å². The summed E-state index contributed by atoms with van der Waals surface area (Å²) >= 11 is 0. The first-order valence-electron chi connectivity index (χ1n) is 9.82. The molecule has 2 fully saturated rings. The molecule has 0 aromatic heterocycles. The fourth-order valence-electron chi connectivity index (χ4n) is 3.67. The van der Waals surface area contributed by atoms with E-state index in [1.54, 1.807) is 0 Å². The smallest absolute Gasteiger partial charge is 0.191 e. The molecule has 6 heteroatoms. The van der Waals surface area contributed by atoms with Gasteiger partial charge in [-0.15, -0.1) is 24.0 Å². The number of benzene rings is 1. The lowest BCUT2D eigenvalue weighted by Gasteiger charge is -2.34. The zero-order chi connectivity index (χ0) is 17.5. The first-order valence-corrected chi connectivity index (χ1v) is 9.82. The summed E-state index contributed by atoms with van der Waals surface area (Å²) in [5.41, 5.74) is 8.76. The van der Waals surface area contributed by atoms with Crippen LogP contribution in [0.4, 0.5) is 0 Å². The molecule has 0 aliphatic carbocycles.